The number of carbonyl (C=O) groups excluding carboxylic acids is 1. The van der Waals surface area contributed by atoms with E-state index < -0.39 is 8.32 Å². The van der Waals surface area contributed by atoms with E-state index in [-0.39, 0.29) is 10.8 Å². The molecule has 0 bridgehead atoms. The van der Waals surface area contributed by atoms with Gasteiger partial charge in [0.1, 0.15) is 0 Å². The van der Waals surface area contributed by atoms with Crippen molar-refractivity contribution in [3.05, 3.63) is 11.6 Å². The van der Waals surface area contributed by atoms with Crippen molar-refractivity contribution in [3.63, 3.8) is 0 Å². The quantitative estimate of drug-likeness (QED) is 0.713. The van der Waals surface area contributed by atoms with E-state index in [2.05, 4.69) is 40.8 Å². The van der Waals surface area contributed by atoms with Gasteiger partial charge in [-0.15, -0.1) is 0 Å². The summed E-state index contributed by atoms with van der Waals surface area (Å²) in [4.78, 5) is 11.3. The van der Waals surface area contributed by atoms with Crippen LogP contribution in [0.25, 0.3) is 0 Å². The van der Waals surface area contributed by atoms with Crippen molar-refractivity contribution in [2.45, 2.75) is 58.7 Å². The summed E-state index contributed by atoms with van der Waals surface area (Å²) < 4.78 is 6.23. The van der Waals surface area contributed by atoms with Gasteiger partial charge in [-0.1, -0.05) is 26.3 Å². The number of carbonyl (C=O) groups is 1. The van der Waals surface area contributed by atoms with Crippen molar-refractivity contribution in [1.29, 1.82) is 0 Å². The maximum atomic E-state index is 11.3. The topological polar surface area (TPSA) is 26.3 Å². The van der Waals surface area contributed by atoms with E-state index in [0.29, 0.717) is 12.3 Å². The van der Waals surface area contributed by atoms with Crippen LogP contribution >= 0.6 is 0 Å². The van der Waals surface area contributed by atoms with Gasteiger partial charge in [-0.3, -0.25) is 4.79 Å². The highest BCUT2D eigenvalue weighted by Crippen LogP contribution is 2.37. The highest BCUT2D eigenvalue weighted by atomic mass is 28.4. The van der Waals surface area contributed by atoms with Crippen LogP contribution in [-0.4, -0.2) is 20.7 Å². The van der Waals surface area contributed by atoms with Crippen LogP contribution in [0.3, 0.4) is 0 Å². The SMILES string of the molecule is CC1=CC(=O)CCC1CO[Si](C)(C)C(C)(C)C. The second-order valence-corrected chi connectivity index (χ2v) is 11.5. The molecule has 0 saturated heterocycles. The van der Waals surface area contributed by atoms with Crippen molar-refractivity contribution in [2.24, 2.45) is 5.92 Å². The lowest BCUT2D eigenvalue weighted by atomic mass is 9.89. The molecule has 0 amide bonds. The second-order valence-electron chi connectivity index (χ2n) is 6.66. The Bertz CT molecular complexity index is 324. The van der Waals surface area contributed by atoms with Gasteiger partial charge in [0.05, 0.1) is 0 Å². The zero-order valence-electron chi connectivity index (χ0n) is 12.1. The minimum absolute atomic E-state index is 0.259. The first-order valence-corrected chi connectivity index (χ1v) is 9.39. The molecule has 1 rings (SSSR count). The molecule has 17 heavy (non-hydrogen) atoms. The molecule has 1 unspecified atom stereocenters. The maximum Gasteiger partial charge on any atom is 0.192 e. The molecule has 0 aromatic carbocycles. The number of allylic oxidation sites excluding steroid dienone is 1. The highest BCUT2D eigenvalue weighted by molar-refractivity contribution is 6.74. The predicted octanol–water partition coefficient (Wildman–Crippen LogP) is 3.93. The summed E-state index contributed by atoms with van der Waals surface area (Å²) >= 11 is 0. The Labute approximate surface area is 107 Å². The van der Waals surface area contributed by atoms with Crippen LogP contribution < -0.4 is 0 Å². The van der Waals surface area contributed by atoms with Crippen LogP contribution in [0.1, 0.15) is 40.5 Å². The molecule has 0 radical (unpaired) electrons. The minimum Gasteiger partial charge on any atom is -0.416 e. The van der Waals surface area contributed by atoms with Gasteiger partial charge in [-0.05, 0) is 37.6 Å². The lowest BCUT2D eigenvalue weighted by molar-refractivity contribution is -0.115. The molecule has 3 heteroatoms. The van der Waals surface area contributed by atoms with Crippen LogP contribution in [0.2, 0.25) is 18.1 Å². The third kappa shape index (κ3) is 3.78. The van der Waals surface area contributed by atoms with Gasteiger partial charge in [-0.2, -0.15) is 0 Å². The monoisotopic (exact) mass is 254 g/mol. The molecule has 0 aromatic rings. The average Bonchev–Trinajstić information content (AvgIpc) is 2.14. The molecule has 0 aromatic heterocycles. The van der Waals surface area contributed by atoms with Crippen LogP contribution in [0, 0.1) is 5.92 Å². The van der Waals surface area contributed by atoms with Gasteiger partial charge in [0.15, 0.2) is 14.1 Å². The fourth-order valence-corrected chi connectivity index (χ4v) is 2.78. The Morgan fingerprint density at radius 1 is 1.41 bits per heavy atom. The van der Waals surface area contributed by atoms with E-state index in [1.165, 1.54) is 5.57 Å². The molecular weight excluding hydrogens is 228 g/mol. The van der Waals surface area contributed by atoms with Crippen molar-refractivity contribution in [2.75, 3.05) is 6.61 Å². The Morgan fingerprint density at radius 2 is 2.00 bits per heavy atom. The largest absolute Gasteiger partial charge is 0.416 e. The summed E-state index contributed by atoms with van der Waals surface area (Å²) in [6, 6.07) is 0. The van der Waals surface area contributed by atoms with Crippen molar-refractivity contribution >= 4 is 14.1 Å². The highest BCUT2D eigenvalue weighted by Gasteiger charge is 2.37. The number of ketones is 1. The first-order chi connectivity index (χ1) is 7.63. The Morgan fingerprint density at radius 3 is 2.47 bits per heavy atom. The van der Waals surface area contributed by atoms with Gasteiger partial charge in [0.25, 0.3) is 0 Å². The van der Waals surface area contributed by atoms with E-state index in [1.807, 2.05) is 0 Å². The summed E-state index contributed by atoms with van der Waals surface area (Å²) in [5.41, 5.74) is 1.19. The number of hydrogen-bond donors (Lipinski definition) is 0. The zero-order valence-corrected chi connectivity index (χ0v) is 13.1. The number of rotatable bonds is 3. The second kappa shape index (κ2) is 5.07. The summed E-state index contributed by atoms with van der Waals surface area (Å²) in [6.07, 6.45) is 3.43. The summed E-state index contributed by atoms with van der Waals surface area (Å²) in [6.45, 7) is 14.2. The minimum atomic E-state index is -1.65. The van der Waals surface area contributed by atoms with E-state index in [4.69, 9.17) is 4.43 Å². The maximum absolute atomic E-state index is 11.3. The molecule has 0 heterocycles. The molecule has 2 nitrogen and oxygen atoms in total. The fraction of sp³-hybridized carbons (Fsp3) is 0.786. The van der Waals surface area contributed by atoms with Gasteiger partial charge < -0.3 is 4.43 Å². The lowest BCUT2D eigenvalue weighted by Gasteiger charge is -2.37. The Balaban J connectivity index is 2.58. The van der Waals surface area contributed by atoms with Gasteiger partial charge >= 0.3 is 0 Å². The number of hydrogen-bond acceptors (Lipinski definition) is 2. The van der Waals surface area contributed by atoms with Gasteiger partial charge in [0, 0.05) is 18.9 Å². The fourth-order valence-electron chi connectivity index (χ4n) is 1.73. The molecule has 0 aliphatic heterocycles. The predicted molar refractivity (Wildman–Crippen MR) is 74.6 cm³/mol. The van der Waals surface area contributed by atoms with E-state index >= 15 is 0 Å². The molecule has 1 atom stereocenters. The Kier molecular flexibility index (Phi) is 4.36. The lowest BCUT2D eigenvalue weighted by Crippen LogP contribution is -2.42. The molecule has 1 aliphatic carbocycles. The third-order valence-corrected chi connectivity index (χ3v) is 8.72. The molecule has 0 spiro atoms. The molecule has 0 N–H and O–H groups in total. The van der Waals surface area contributed by atoms with Crippen LogP contribution in [0.4, 0.5) is 0 Å². The third-order valence-electron chi connectivity index (χ3n) is 4.22. The van der Waals surface area contributed by atoms with Gasteiger partial charge in [-0.25, -0.2) is 0 Å². The summed E-state index contributed by atoms with van der Waals surface area (Å²) in [5, 5.41) is 0.259. The van der Waals surface area contributed by atoms with Crippen LogP contribution in [0.15, 0.2) is 11.6 Å². The standard InChI is InChI=1S/C14H26O2Si/c1-11-9-13(15)8-7-12(11)10-16-17(5,6)14(2,3)4/h9,12H,7-8,10H2,1-6H3. The van der Waals surface area contributed by atoms with Crippen molar-refractivity contribution in [3.8, 4) is 0 Å². The Hall–Kier alpha value is -0.413. The van der Waals surface area contributed by atoms with E-state index in [1.54, 1.807) is 6.08 Å². The van der Waals surface area contributed by atoms with Crippen LogP contribution in [0.5, 0.6) is 0 Å². The normalized spacial score (nSPS) is 22.6. The van der Waals surface area contributed by atoms with Gasteiger partial charge in [0.2, 0.25) is 0 Å². The average molecular weight is 254 g/mol. The molecular formula is C14H26O2Si. The first-order valence-electron chi connectivity index (χ1n) is 6.48. The molecule has 1 aliphatic rings. The van der Waals surface area contributed by atoms with Crippen molar-refractivity contribution in [1.82, 2.24) is 0 Å². The van der Waals surface area contributed by atoms with Crippen molar-refractivity contribution < 1.29 is 9.22 Å². The summed E-state index contributed by atoms with van der Waals surface area (Å²) in [5.74, 6) is 0.716. The first kappa shape index (κ1) is 14.6. The molecule has 0 saturated carbocycles. The van der Waals surface area contributed by atoms with E-state index in [9.17, 15) is 4.79 Å². The zero-order chi connectivity index (χ0) is 13.3. The molecule has 98 valence electrons. The van der Waals surface area contributed by atoms with E-state index in [0.717, 1.165) is 13.0 Å². The molecule has 0 fully saturated rings. The summed E-state index contributed by atoms with van der Waals surface area (Å²) in [7, 11) is -1.65. The van der Waals surface area contributed by atoms with Crippen LogP contribution in [-0.2, 0) is 9.22 Å². The smallest absolute Gasteiger partial charge is 0.192 e.